The molecular formula is C13H25N. The molecule has 14 heavy (non-hydrogen) atoms. The zero-order valence-electron chi connectivity index (χ0n) is 9.76. The van der Waals surface area contributed by atoms with Crippen LogP contribution in [0.1, 0.15) is 58.8 Å². The van der Waals surface area contributed by atoms with Gasteiger partial charge in [-0.2, -0.15) is 0 Å². The van der Waals surface area contributed by atoms with Gasteiger partial charge in [-0.25, -0.2) is 0 Å². The molecular weight excluding hydrogens is 170 g/mol. The molecule has 1 heteroatoms. The highest BCUT2D eigenvalue weighted by Crippen LogP contribution is 2.31. The molecule has 0 amide bonds. The fourth-order valence-corrected chi connectivity index (χ4v) is 2.91. The Labute approximate surface area is 88.7 Å². The summed E-state index contributed by atoms with van der Waals surface area (Å²) in [6, 6.07) is 1.76. The van der Waals surface area contributed by atoms with Crippen LogP contribution in [0.5, 0.6) is 0 Å². The first-order valence-electron chi connectivity index (χ1n) is 6.50. The van der Waals surface area contributed by atoms with E-state index in [4.69, 9.17) is 0 Å². The van der Waals surface area contributed by atoms with Gasteiger partial charge in [0.15, 0.2) is 0 Å². The summed E-state index contributed by atoms with van der Waals surface area (Å²) in [7, 11) is 0. The summed E-state index contributed by atoms with van der Waals surface area (Å²) in [6.45, 7) is 4.72. The Morgan fingerprint density at radius 1 is 1.07 bits per heavy atom. The first kappa shape index (κ1) is 10.5. The molecule has 0 aromatic rings. The lowest BCUT2D eigenvalue weighted by molar-refractivity contribution is 0.252. The molecule has 0 radical (unpaired) electrons. The van der Waals surface area contributed by atoms with Gasteiger partial charge < -0.3 is 5.32 Å². The van der Waals surface area contributed by atoms with Crippen molar-refractivity contribution in [3.05, 3.63) is 0 Å². The molecule has 1 N–H and O–H groups in total. The van der Waals surface area contributed by atoms with Gasteiger partial charge in [-0.3, -0.25) is 0 Å². The van der Waals surface area contributed by atoms with E-state index >= 15 is 0 Å². The van der Waals surface area contributed by atoms with Crippen LogP contribution in [-0.2, 0) is 0 Å². The molecule has 0 bridgehead atoms. The summed E-state index contributed by atoms with van der Waals surface area (Å²) in [5, 5.41) is 3.80. The monoisotopic (exact) mass is 195 g/mol. The molecule has 82 valence electrons. The third kappa shape index (κ3) is 3.27. The summed E-state index contributed by atoms with van der Waals surface area (Å²) >= 11 is 0. The van der Waals surface area contributed by atoms with Gasteiger partial charge in [-0.1, -0.05) is 26.7 Å². The SMILES string of the molecule is CC(C)CC1CCCC(NC2CC2)C1. The van der Waals surface area contributed by atoms with E-state index in [0.29, 0.717) is 0 Å². The van der Waals surface area contributed by atoms with Crippen LogP contribution in [-0.4, -0.2) is 12.1 Å². The Bertz CT molecular complexity index is 162. The molecule has 0 saturated heterocycles. The molecule has 2 aliphatic carbocycles. The van der Waals surface area contributed by atoms with Gasteiger partial charge in [-0.15, -0.1) is 0 Å². The second-order valence-electron chi connectivity index (χ2n) is 5.80. The zero-order valence-corrected chi connectivity index (χ0v) is 9.76. The average Bonchev–Trinajstić information content (AvgIpc) is 2.87. The van der Waals surface area contributed by atoms with Crippen molar-refractivity contribution in [3.8, 4) is 0 Å². The Hall–Kier alpha value is -0.0400. The van der Waals surface area contributed by atoms with Crippen molar-refractivity contribution in [2.24, 2.45) is 11.8 Å². The fraction of sp³-hybridized carbons (Fsp3) is 1.00. The molecule has 2 atom stereocenters. The minimum absolute atomic E-state index is 0.861. The second-order valence-corrected chi connectivity index (χ2v) is 5.80. The molecule has 2 saturated carbocycles. The maximum atomic E-state index is 3.80. The summed E-state index contributed by atoms with van der Waals surface area (Å²) in [5.74, 6) is 1.90. The molecule has 2 unspecified atom stereocenters. The van der Waals surface area contributed by atoms with Crippen LogP contribution in [0, 0.1) is 11.8 Å². The van der Waals surface area contributed by atoms with E-state index in [2.05, 4.69) is 19.2 Å². The third-order valence-corrected chi connectivity index (χ3v) is 3.64. The predicted octanol–water partition coefficient (Wildman–Crippen LogP) is 3.34. The standard InChI is InChI=1S/C13H25N/c1-10(2)8-11-4-3-5-13(9-11)14-12-6-7-12/h10-14H,3-9H2,1-2H3. The molecule has 2 aliphatic rings. The van der Waals surface area contributed by atoms with Gasteiger partial charge in [-0.05, 0) is 43.9 Å². The highest BCUT2D eigenvalue weighted by Gasteiger charge is 2.28. The van der Waals surface area contributed by atoms with Gasteiger partial charge in [0.2, 0.25) is 0 Å². The Kier molecular flexibility index (Phi) is 3.48. The van der Waals surface area contributed by atoms with Crippen molar-refractivity contribution >= 4 is 0 Å². The highest BCUT2D eigenvalue weighted by molar-refractivity contribution is 4.87. The number of hydrogen-bond acceptors (Lipinski definition) is 1. The second kappa shape index (κ2) is 4.65. The molecule has 1 nitrogen and oxygen atoms in total. The molecule has 0 spiro atoms. The highest BCUT2D eigenvalue weighted by atomic mass is 15.0. The first-order chi connectivity index (χ1) is 6.74. The molecule has 0 aromatic carbocycles. The zero-order chi connectivity index (χ0) is 9.97. The predicted molar refractivity (Wildman–Crippen MR) is 61.4 cm³/mol. The van der Waals surface area contributed by atoms with E-state index in [0.717, 1.165) is 23.9 Å². The van der Waals surface area contributed by atoms with E-state index in [1.807, 2.05) is 0 Å². The van der Waals surface area contributed by atoms with E-state index < -0.39 is 0 Å². The molecule has 2 rings (SSSR count). The van der Waals surface area contributed by atoms with Crippen LogP contribution in [0.15, 0.2) is 0 Å². The number of rotatable bonds is 4. The van der Waals surface area contributed by atoms with E-state index in [9.17, 15) is 0 Å². The van der Waals surface area contributed by atoms with Crippen LogP contribution in [0.25, 0.3) is 0 Å². The van der Waals surface area contributed by atoms with Gasteiger partial charge in [0.25, 0.3) is 0 Å². The summed E-state index contributed by atoms with van der Waals surface area (Å²) in [5.41, 5.74) is 0. The molecule has 0 aromatic heterocycles. The lowest BCUT2D eigenvalue weighted by Crippen LogP contribution is -2.35. The normalized spacial score (nSPS) is 33.6. The van der Waals surface area contributed by atoms with Crippen molar-refractivity contribution in [2.45, 2.75) is 70.9 Å². The van der Waals surface area contributed by atoms with Crippen molar-refractivity contribution < 1.29 is 0 Å². The number of nitrogens with one attached hydrogen (secondary N) is 1. The summed E-state index contributed by atoms with van der Waals surface area (Å²) in [6.07, 6.45) is 10.2. The quantitative estimate of drug-likeness (QED) is 0.725. The van der Waals surface area contributed by atoms with E-state index in [-0.39, 0.29) is 0 Å². The van der Waals surface area contributed by atoms with Crippen LogP contribution >= 0.6 is 0 Å². The molecule has 0 aliphatic heterocycles. The lowest BCUT2D eigenvalue weighted by Gasteiger charge is -2.31. The van der Waals surface area contributed by atoms with Crippen LogP contribution in [0.2, 0.25) is 0 Å². The average molecular weight is 195 g/mol. The van der Waals surface area contributed by atoms with Crippen LogP contribution < -0.4 is 5.32 Å². The topological polar surface area (TPSA) is 12.0 Å². The first-order valence-corrected chi connectivity index (χ1v) is 6.50. The van der Waals surface area contributed by atoms with Crippen molar-refractivity contribution in [1.29, 1.82) is 0 Å². The summed E-state index contributed by atoms with van der Waals surface area (Å²) < 4.78 is 0. The van der Waals surface area contributed by atoms with E-state index in [1.165, 1.54) is 44.9 Å². The minimum atomic E-state index is 0.861. The molecule has 0 heterocycles. The number of hydrogen-bond donors (Lipinski definition) is 1. The third-order valence-electron chi connectivity index (χ3n) is 3.64. The maximum absolute atomic E-state index is 3.80. The van der Waals surface area contributed by atoms with Crippen LogP contribution in [0.3, 0.4) is 0 Å². The van der Waals surface area contributed by atoms with Gasteiger partial charge in [0.05, 0.1) is 0 Å². The summed E-state index contributed by atoms with van der Waals surface area (Å²) in [4.78, 5) is 0. The lowest BCUT2D eigenvalue weighted by atomic mass is 9.81. The van der Waals surface area contributed by atoms with Gasteiger partial charge in [0, 0.05) is 12.1 Å². The van der Waals surface area contributed by atoms with Crippen LogP contribution in [0.4, 0.5) is 0 Å². The van der Waals surface area contributed by atoms with Gasteiger partial charge in [0.1, 0.15) is 0 Å². The van der Waals surface area contributed by atoms with Gasteiger partial charge >= 0.3 is 0 Å². The Morgan fingerprint density at radius 2 is 1.86 bits per heavy atom. The van der Waals surface area contributed by atoms with Crippen molar-refractivity contribution in [3.63, 3.8) is 0 Å². The fourth-order valence-electron chi connectivity index (χ4n) is 2.91. The smallest absolute Gasteiger partial charge is 0.00722 e. The minimum Gasteiger partial charge on any atom is -0.311 e. The van der Waals surface area contributed by atoms with Crippen molar-refractivity contribution in [1.82, 2.24) is 5.32 Å². The van der Waals surface area contributed by atoms with E-state index in [1.54, 1.807) is 0 Å². The Balaban J connectivity index is 1.71. The maximum Gasteiger partial charge on any atom is 0.00722 e. The molecule has 2 fully saturated rings. The van der Waals surface area contributed by atoms with Crippen molar-refractivity contribution in [2.75, 3.05) is 0 Å². The largest absolute Gasteiger partial charge is 0.311 e. The Morgan fingerprint density at radius 3 is 2.50 bits per heavy atom.